The second-order valence-corrected chi connectivity index (χ2v) is 5.47. The second-order valence-electron chi connectivity index (χ2n) is 4.17. The van der Waals surface area contributed by atoms with Crippen LogP contribution < -0.4 is 10.0 Å². The van der Waals surface area contributed by atoms with E-state index in [2.05, 4.69) is 4.72 Å². The number of nitrogens with zero attached hydrogens (tertiary/aromatic N) is 1. The summed E-state index contributed by atoms with van der Waals surface area (Å²) in [6, 6.07) is 2.67. The largest absolute Gasteiger partial charge is 0.408 e. The average Bonchev–Trinajstić information content (AvgIpc) is 2.43. The molecule has 0 fully saturated rings. The third kappa shape index (κ3) is 5.41. The van der Waals surface area contributed by atoms with Crippen molar-refractivity contribution >= 4 is 22.6 Å². The van der Waals surface area contributed by atoms with Crippen LogP contribution in [0.25, 0.3) is 0 Å². The fraction of sp³-hybridized carbons (Fsp3) is 0.364. The fourth-order valence-corrected chi connectivity index (χ4v) is 2.09. The van der Waals surface area contributed by atoms with E-state index in [1.807, 2.05) is 0 Å². The Hall–Kier alpha value is -2.01. The fourth-order valence-electron chi connectivity index (χ4n) is 1.28. The molecular weight excluding hydrogens is 327 g/mol. The first-order valence-corrected chi connectivity index (χ1v) is 7.02. The van der Waals surface area contributed by atoms with Gasteiger partial charge in [-0.15, -0.1) is 0 Å². The van der Waals surface area contributed by atoms with Crippen molar-refractivity contribution in [2.75, 3.05) is 6.54 Å². The molecule has 0 spiro atoms. The van der Waals surface area contributed by atoms with Gasteiger partial charge in [0.25, 0.3) is 5.69 Å². The van der Waals surface area contributed by atoms with Crippen molar-refractivity contribution in [3.8, 4) is 0 Å². The molecular formula is C11H12F3N3O4S. The minimum Gasteiger partial charge on any atom is -0.344 e. The third-order valence-corrected chi connectivity index (χ3v) is 3.60. The zero-order valence-electron chi connectivity index (χ0n) is 11.2. The predicted molar refractivity (Wildman–Crippen MR) is 71.2 cm³/mol. The van der Waals surface area contributed by atoms with Gasteiger partial charge in [0.15, 0.2) is 0 Å². The lowest BCUT2D eigenvalue weighted by Crippen LogP contribution is -2.46. The van der Waals surface area contributed by atoms with Crippen molar-refractivity contribution in [2.24, 2.45) is 0 Å². The highest BCUT2D eigenvalue weighted by Gasteiger charge is 2.36. The standard InChI is InChI=1S/C11H12F3N3O4S/c1-7(11(12,13)14)16-10(18)6-15-22(21)9-4-2-8(3-5-9)17(19)20/h2-5,7,15H,6H2,1H3,(H,16,18). The van der Waals surface area contributed by atoms with E-state index in [9.17, 15) is 32.3 Å². The van der Waals surface area contributed by atoms with Crippen LogP contribution in [-0.2, 0) is 15.8 Å². The molecule has 2 atom stereocenters. The van der Waals surface area contributed by atoms with Crippen LogP contribution in [0.4, 0.5) is 18.9 Å². The Morgan fingerprint density at radius 1 is 1.36 bits per heavy atom. The molecule has 0 aliphatic rings. The van der Waals surface area contributed by atoms with E-state index < -0.39 is 40.6 Å². The van der Waals surface area contributed by atoms with Crippen molar-refractivity contribution in [3.63, 3.8) is 0 Å². The molecule has 0 radical (unpaired) electrons. The molecule has 0 heterocycles. The number of non-ortho nitro benzene ring substituents is 1. The molecule has 0 aromatic heterocycles. The Morgan fingerprint density at radius 3 is 2.36 bits per heavy atom. The van der Waals surface area contributed by atoms with Crippen LogP contribution in [0.5, 0.6) is 0 Å². The molecule has 7 nitrogen and oxygen atoms in total. The molecule has 22 heavy (non-hydrogen) atoms. The van der Waals surface area contributed by atoms with Gasteiger partial charge in [-0.05, 0) is 19.1 Å². The van der Waals surface area contributed by atoms with Crippen molar-refractivity contribution in [2.45, 2.75) is 24.0 Å². The minimum atomic E-state index is -4.56. The summed E-state index contributed by atoms with van der Waals surface area (Å²) in [6.07, 6.45) is -4.56. The van der Waals surface area contributed by atoms with E-state index in [-0.39, 0.29) is 10.6 Å². The molecule has 0 aliphatic carbocycles. The second kappa shape index (κ2) is 7.31. The maximum atomic E-state index is 12.2. The molecule has 0 bridgehead atoms. The topological polar surface area (TPSA) is 101 Å². The van der Waals surface area contributed by atoms with Crippen molar-refractivity contribution in [1.29, 1.82) is 0 Å². The molecule has 11 heteroatoms. The SMILES string of the molecule is CC(NC(=O)CNS(=O)c1ccc([N+](=O)[O-])cc1)C(F)(F)F. The highest BCUT2D eigenvalue weighted by molar-refractivity contribution is 7.83. The number of carbonyl (C=O) groups is 1. The molecule has 1 aromatic rings. The van der Waals surface area contributed by atoms with Crippen molar-refractivity contribution in [1.82, 2.24) is 10.0 Å². The zero-order valence-corrected chi connectivity index (χ0v) is 12.0. The molecule has 122 valence electrons. The first kappa shape index (κ1) is 18.0. The van der Waals surface area contributed by atoms with Crippen LogP contribution in [0.3, 0.4) is 0 Å². The summed E-state index contributed by atoms with van der Waals surface area (Å²) in [4.78, 5) is 21.3. The predicted octanol–water partition coefficient (Wildman–Crippen LogP) is 1.27. The van der Waals surface area contributed by atoms with Crippen LogP contribution in [0.1, 0.15) is 6.92 Å². The molecule has 1 rings (SSSR count). The van der Waals surface area contributed by atoms with Gasteiger partial charge >= 0.3 is 6.18 Å². The third-order valence-electron chi connectivity index (χ3n) is 2.49. The number of halogens is 3. The Morgan fingerprint density at radius 2 is 1.91 bits per heavy atom. The van der Waals surface area contributed by atoms with Crippen LogP contribution in [0.2, 0.25) is 0 Å². The van der Waals surface area contributed by atoms with E-state index in [4.69, 9.17) is 0 Å². The van der Waals surface area contributed by atoms with E-state index in [0.717, 1.165) is 19.1 Å². The van der Waals surface area contributed by atoms with Gasteiger partial charge in [0.2, 0.25) is 5.91 Å². The van der Waals surface area contributed by atoms with Gasteiger partial charge in [-0.3, -0.25) is 14.9 Å². The van der Waals surface area contributed by atoms with Crippen molar-refractivity contribution < 1.29 is 27.1 Å². The molecule has 0 saturated carbocycles. The van der Waals surface area contributed by atoms with E-state index in [0.29, 0.717) is 0 Å². The summed E-state index contributed by atoms with van der Waals surface area (Å²) in [7, 11) is -1.88. The van der Waals surface area contributed by atoms with Crippen LogP contribution >= 0.6 is 0 Å². The molecule has 1 amide bonds. The number of alkyl halides is 3. The average molecular weight is 339 g/mol. The summed E-state index contributed by atoms with van der Waals surface area (Å²) in [5, 5.41) is 12.2. The van der Waals surface area contributed by atoms with E-state index in [1.54, 1.807) is 5.32 Å². The quantitative estimate of drug-likeness (QED) is 0.602. The monoisotopic (exact) mass is 339 g/mol. The van der Waals surface area contributed by atoms with Gasteiger partial charge in [-0.1, -0.05) is 0 Å². The Kier molecular flexibility index (Phi) is 6.00. The number of benzene rings is 1. The zero-order chi connectivity index (χ0) is 16.9. The van der Waals surface area contributed by atoms with Gasteiger partial charge in [0.05, 0.1) is 16.4 Å². The summed E-state index contributed by atoms with van der Waals surface area (Å²) >= 11 is 0. The summed E-state index contributed by atoms with van der Waals surface area (Å²) in [5.74, 6) is -0.972. The summed E-state index contributed by atoms with van der Waals surface area (Å²) in [6.45, 7) is 0.190. The number of nitro groups is 1. The maximum absolute atomic E-state index is 12.2. The minimum absolute atomic E-state index is 0.155. The van der Waals surface area contributed by atoms with E-state index in [1.165, 1.54) is 12.1 Å². The first-order chi connectivity index (χ1) is 10.1. The lowest BCUT2D eigenvalue weighted by molar-refractivity contribution is -0.384. The molecule has 0 saturated heterocycles. The number of hydrogen-bond acceptors (Lipinski definition) is 4. The number of amides is 1. The smallest absolute Gasteiger partial charge is 0.344 e. The lowest BCUT2D eigenvalue weighted by atomic mass is 10.3. The van der Waals surface area contributed by atoms with Gasteiger partial charge in [0, 0.05) is 12.1 Å². The first-order valence-electron chi connectivity index (χ1n) is 5.87. The van der Waals surface area contributed by atoms with Crippen LogP contribution in [-0.4, -0.2) is 33.8 Å². The molecule has 0 aliphatic heterocycles. The number of nitro benzene ring substituents is 1. The maximum Gasteiger partial charge on any atom is 0.408 e. The number of carbonyl (C=O) groups excluding carboxylic acids is 1. The highest BCUT2D eigenvalue weighted by Crippen LogP contribution is 2.19. The van der Waals surface area contributed by atoms with Gasteiger partial charge in [-0.2, -0.15) is 13.2 Å². The van der Waals surface area contributed by atoms with Gasteiger partial charge < -0.3 is 5.32 Å². The number of nitrogens with one attached hydrogen (secondary N) is 2. The normalized spacial score (nSPS) is 14.2. The van der Waals surface area contributed by atoms with E-state index >= 15 is 0 Å². The Balaban J connectivity index is 2.52. The van der Waals surface area contributed by atoms with Crippen LogP contribution in [0, 0.1) is 10.1 Å². The Labute approximate surface area is 125 Å². The summed E-state index contributed by atoms with van der Waals surface area (Å²) < 4.78 is 50.6. The molecule has 2 N–H and O–H groups in total. The highest BCUT2D eigenvalue weighted by atomic mass is 32.2. The number of hydrogen-bond donors (Lipinski definition) is 2. The van der Waals surface area contributed by atoms with Gasteiger partial charge in [-0.25, -0.2) is 8.93 Å². The van der Waals surface area contributed by atoms with Crippen molar-refractivity contribution in [3.05, 3.63) is 34.4 Å². The summed E-state index contributed by atoms with van der Waals surface area (Å²) in [5.41, 5.74) is -0.197. The van der Waals surface area contributed by atoms with Gasteiger partial charge in [0.1, 0.15) is 17.0 Å². The Bertz CT molecular complexity index is 577. The molecule has 2 unspecified atom stereocenters. The molecule has 1 aromatic carbocycles. The number of rotatable bonds is 6. The van der Waals surface area contributed by atoms with Crippen LogP contribution in [0.15, 0.2) is 29.2 Å². The lowest BCUT2D eigenvalue weighted by Gasteiger charge is -2.17.